The van der Waals surface area contributed by atoms with Crippen LogP contribution in [-0.2, 0) is 6.42 Å². The summed E-state index contributed by atoms with van der Waals surface area (Å²) in [7, 11) is 0. The molecule has 0 aliphatic carbocycles. The lowest BCUT2D eigenvalue weighted by Gasteiger charge is -2.06. The molecule has 0 aliphatic rings. The van der Waals surface area contributed by atoms with Gasteiger partial charge in [0.2, 0.25) is 0 Å². The predicted molar refractivity (Wildman–Crippen MR) is 52.0 cm³/mol. The summed E-state index contributed by atoms with van der Waals surface area (Å²) in [6.07, 6.45) is 2.18. The summed E-state index contributed by atoms with van der Waals surface area (Å²) >= 11 is 0. The Morgan fingerprint density at radius 2 is 2.31 bits per heavy atom. The second kappa shape index (κ2) is 3.90. The fraction of sp³-hybridized carbons (Fsp3) is 0.182. The maximum atomic E-state index is 11.1. The molecule has 0 fully saturated rings. The maximum absolute atomic E-state index is 11.1. The van der Waals surface area contributed by atoms with E-state index in [9.17, 15) is 9.90 Å². The SMILES string of the molecule is C=CCc1c(O)cccc1C(C)=O. The average molecular weight is 176 g/mol. The molecule has 0 aliphatic heterocycles. The highest BCUT2D eigenvalue weighted by Gasteiger charge is 2.08. The number of phenolic OH excluding ortho intramolecular Hbond substituents is 1. The molecule has 0 saturated heterocycles. The van der Waals surface area contributed by atoms with Crippen molar-refractivity contribution in [3.8, 4) is 5.75 Å². The van der Waals surface area contributed by atoms with Gasteiger partial charge in [-0.1, -0.05) is 18.2 Å². The first-order valence-electron chi connectivity index (χ1n) is 4.09. The van der Waals surface area contributed by atoms with E-state index in [0.29, 0.717) is 17.5 Å². The second-order valence-corrected chi connectivity index (χ2v) is 2.85. The van der Waals surface area contributed by atoms with E-state index in [2.05, 4.69) is 6.58 Å². The Labute approximate surface area is 77.5 Å². The molecule has 1 aromatic carbocycles. The highest BCUT2D eigenvalue weighted by Crippen LogP contribution is 2.22. The molecule has 1 N–H and O–H groups in total. The quantitative estimate of drug-likeness (QED) is 0.567. The molecule has 0 bridgehead atoms. The highest BCUT2D eigenvalue weighted by molar-refractivity contribution is 5.96. The Morgan fingerprint density at radius 1 is 1.62 bits per heavy atom. The third kappa shape index (κ3) is 1.96. The van der Waals surface area contributed by atoms with Crippen molar-refractivity contribution in [1.82, 2.24) is 0 Å². The lowest BCUT2D eigenvalue weighted by atomic mass is 10.0. The van der Waals surface area contributed by atoms with Gasteiger partial charge < -0.3 is 5.11 Å². The minimum atomic E-state index is -0.0345. The molecule has 0 radical (unpaired) electrons. The van der Waals surface area contributed by atoms with E-state index in [4.69, 9.17) is 0 Å². The first-order valence-corrected chi connectivity index (χ1v) is 4.09. The molecule has 2 heteroatoms. The van der Waals surface area contributed by atoms with Gasteiger partial charge in [0.15, 0.2) is 5.78 Å². The van der Waals surface area contributed by atoms with Crippen LogP contribution in [0.1, 0.15) is 22.8 Å². The van der Waals surface area contributed by atoms with E-state index in [1.165, 1.54) is 6.92 Å². The maximum Gasteiger partial charge on any atom is 0.160 e. The molecule has 68 valence electrons. The van der Waals surface area contributed by atoms with Crippen LogP contribution in [0.25, 0.3) is 0 Å². The van der Waals surface area contributed by atoms with Crippen molar-refractivity contribution in [3.63, 3.8) is 0 Å². The van der Waals surface area contributed by atoms with Crippen LogP contribution in [0.5, 0.6) is 5.75 Å². The van der Waals surface area contributed by atoms with Gasteiger partial charge in [-0.2, -0.15) is 0 Å². The largest absolute Gasteiger partial charge is 0.508 e. The zero-order chi connectivity index (χ0) is 9.84. The number of carbonyl (C=O) groups excluding carboxylic acids is 1. The number of allylic oxidation sites excluding steroid dienone is 1. The van der Waals surface area contributed by atoms with Crippen molar-refractivity contribution >= 4 is 5.78 Å². The molecule has 13 heavy (non-hydrogen) atoms. The van der Waals surface area contributed by atoms with Gasteiger partial charge in [-0.3, -0.25) is 4.79 Å². The number of hydrogen-bond donors (Lipinski definition) is 1. The Kier molecular flexibility index (Phi) is 2.85. The van der Waals surface area contributed by atoms with E-state index in [1.807, 2.05) is 0 Å². The molecule has 0 amide bonds. The third-order valence-corrected chi connectivity index (χ3v) is 1.88. The third-order valence-electron chi connectivity index (χ3n) is 1.88. The molecule has 1 rings (SSSR count). The summed E-state index contributed by atoms with van der Waals surface area (Å²) in [4.78, 5) is 11.1. The summed E-state index contributed by atoms with van der Waals surface area (Å²) in [6, 6.07) is 4.95. The van der Waals surface area contributed by atoms with E-state index in [1.54, 1.807) is 24.3 Å². The minimum Gasteiger partial charge on any atom is -0.508 e. The van der Waals surface area contributed by atoms with Crippen molar-refractivity contribution in [1.29, 1.82) is 0 Å². The zero-order valence-electron chi connectivity index (χ0n) is 7.58. The Bertz CT molecular complexity index is 340. The number of benzene rings is 1. The number of rotatable bonds is 3. The first-order chi connectivity index (χ1) is 6.16. The summed E-state index contributed by atoms with van der Waals surface area (Å²) in [5, 5.41) is 9.47. The smallest absolute Gasteiger partial charge is 0.160 e. The number of carbonyl (C=O) groups is 1. The Balaban J connectivity index is 3.24. The average Bonchev–Trinajstić information content (AvgIpc) is 2.08. The molecule has 0 unspecified atom stereocenters. The summed E-state index contributed by atoms with van der Waals surface area (Å²) in [5.74, 6) is 0.125. The van der Waals surface area contributed by atoms with E-state index >= 15 is 0 Å². The summed E-state index contributed by atoms with van der Waals surface area (Å²) in [6.45, 7) is 5.06. The molecule has 0 saturated carbocycles. The fourth-order valence-corrected chi connectivity index (χ4v) is 1.26. The summed E-state index contributed by atoms with van der Waals surface area (Å²) in [5.41, 5.74) is 1.23. The number of phenols is 1. The van der Waals surface area contributed by atoms with Gasteiger partial charge in [-0.05, 0) is 19.4 Å². The van der Waals surface area contributed by atoms with Crippen molar-refractivity contribution in [2.75, 3.05) is 0 Å². The van der Waals surface area contributed by atoms with E-state index in [-0.39, 0.29) is 11.5 Å². The molecule has 0 heterocycles. The van der Waals surface area contributed by atoms with Crippen LogP contribution in [0.15, 0.2) is 30.9 Å². The molecule has 0 aromatic heterocycles. The standard InChI is InChI=1S/C11H12O2/c1-3-5-10-9(8(2)12)6-4-7-11(10)13/h3-4,6-7,13H,1,5H2,2H3. The highest BCUT2D eigenvalue weighted by atomic mass is 16.3. The fourth-order valence-electron chi connectivity index (χ4n) is 1.26. The van der Waals surface area contributed by atoms with Gasteiger partial charge in [-0.25, -0.2) is 0 Å². The molecule has 2 nitrogen and oxygen atoms in total. The Morgan fingerprint density at radius 3 is 2.85 bits per heavy atom. The molecule has 1 aromatic rings. The molecule has 0 atom stereocenters. The molecular formula is C11H12O2. The van der Waals surface area contributed by atoms with Crippen LogP contribution >= 0.6 is 0 Å². The molecule has 0 spiro atoms. The number of hydrogen-bond acceptors (Lipinski definition) is 2. The monoisotopic (exact) mass is 176 g/mol. The van der Waals surface area contributed by atoms with Crippen LogP contribution in [0, 0.1) is 0 Å². The van der Waals surface area contributed by atoms with Crippen LogP contribution < -0.4 is 0 Å². The van der Waals surface area contributed by atoms with Crippen molar-refractivity contribution in [2.45, 2.75) is 13.3 Å². The number of Topliss-reactive ketones (excluding diaryl/α,β-unsaturated/α-hetero) is 1. The van der Waals surface area contributed by atoms with Gasteiger partial charge in [0.25, 0.3) is 0 Å². The van der Waals surface area contributed by atoms with Crippen molar-refractivity contribution < 1.29 is 9.90 Å². The predicted octanol–water partition coefficient (Wildman–Crippen LogP) is 2.32. The van der Waals surface area contributed by atoms with Gasteiger partial charge in [-0.15, -0.1) is 6.58 Å². The molecular weight excluding hydrogens is 164 g/mol. The topological polar surface area (TPSA) is 37.3 Å². The van der Waals surface area contributed by atoms with E-state index in [0.717, 1.165) is 0 Å². The van der Waals surface area contributed by atoms with Crippen LogP contribution in [0.4, 0.5) is 0 Å². The van der Waals surface area contributed by atoms with Crippen molar-refractivity contribution in [3.05, 3.63) is 42.0 Å². The van der Waals surface area contributed by atoms with Gasteiger partial charge in [0, 0.05) is 11.1 Å². The van der Waals surface area contributed by atoms with Gasteiger partial charge in [0.1, 0.15) is 5.75 Å². The lowest BCUT2D eigenvalue weighted by Crippen LogP contribution is -1.98. The van der Waals surface area contributed by atoms with Gasteiger partial charge >= 0.3 is 0 Å². The van der Waals surface area contributed by atoms with Crippen LogP contribution in [0.3, 0.4) is 0 Å². The normalized spacial score (nSPS) is 9.62. The van der Waals surface area contributed by atoms with Crippen LogP contribution in [0.2, 0.25) is 0 Å². The first kappa shape index (κ1) is 9.52. The van der Waals surface area contributed by atoms with Crippen molar-refractivity contribution in [2.24, 2.45) is 0 Å². The number of ketones is 1. The van der Waals surface area contributed by atoms with Crippen LogP contribution in [-0.4, -0.2) is 10.9 Å². The van der Waals surface area contributed by atoms with E-state index < -0.39 is 0 Å². The second-order valence-electron chi connectivity index (χ2n) is 2.85. The Hall–Kier alpha value is -1.57. The zero-order valence-corrected chi connectivity index (χ0v) is 7.58. The summed E-state index contributed by atoms with van der Waals surface area (Å²) < 4.78 is 0. The number of aromatic hydroxyl groups is 1. The lowest BCUT2D eigenvalue weighted by molar-refractivity contribution is 0.101. The minimum absolute atomic E-state index is 0.0345. The van der Waals surface area contributed by atoms with Gasteiger partial charge in [0.05, 0.1) is 0 Å².